The highest BCUT2D eigenvalue weighted by molar-refractivity contribution is 6.14. The molecule has 0 spiro atoms. The summed E-state index contributed by atoms with van der Waals surface area (Å²) in [6.45, 7) is 0. The monoisotopic (exact) mass is 793 g/mol. The van der Waals surface area contributed by atoms with Gasteiger partial charge in [-0.3, -0.25) is 0 Å². The summed E-state index contributed by atoms with van der Waals surface area (Å²) in [6.07, 6.45) is 0. The van der Waals surface area contributed by atoms with Gasteiger partial charge in [0.25, 0.3) is 0 Å². The van der Waals surface area contributed by atoms with Crippen molar-refractivity contribution >= 4 is 43.9 Å². The van der Waals surface area contributed by atoms with Crippen molar-refractivity contribution in [2.75, 3.05) is 0 Å². The van der Waals surface area contributed by atoms with Crippen LogP contribution in [0.1, 0.15) is 0 Å². The molecule has 0 aliphatic rings. The summed E-state index contributed by atoms with van der Waals surface area (Å²) < 4.78 is 13.0. The summed E-state index contributed by atoms with van der Waals surface area (Å²) in [5.74, 6) is 1.69. The zero-order valence-corrected chi connectivity index (χ0v) is 33.4. The SMILES string of the molecule is c1ccc(-c2ccc(-c3nc(-c4ccc5c(c4)oc4cccc(-c6cc(-c7ccccc7)cc(-c7ccccc7)c6)c45)nc(-c4cccc5oc6ccccc6c45)n3)cc2)cc1. The lowest BCUT2D eigenvalue weighted by atomic mass is 9.91. The van der Waals surface area contributed by atoms with Gasteiger partial charge in [0.2, 0.25) is 0 Å². The Morgan fingerprint density at radius 2 is 0.677 bits per heavy atom. The molecule has 0 aliphatic heterocycles. The van der Waals surface area contributed by atoms with E-state index in [1.165, 1.54) is 11.1 Å². The van der Waals surface area contributed by atoms with Crippen molar-refractivity contribution in [3.8, 4) is 78.7 Å². The van der Waals surface area contributed by atoms with E-state index in [0.717, 1.165) is 93.9 Å². The van der Waals surface area contributed by atoms with Crippen molar-refractivity contribution in [3.05, 3.63) is 212 Å². The maximum atomic E-state index is 6.70. The molecule has 0 unspecified atom stereocenters. The molecule has 0 saturated heterocycles. The van der Waals surface area contributed by atoms with Crippen LogP contribution in [0.15, 0.2) is 221 Å². The first-order chi connectivity index (χ1) is 30.7. The molecule has 12 rings (SSSR count). The Bertz CT molecular complexity index is 3550. The molecule has 62 heavy (non-hydrogen) atoms. The van der Waals surface area contributed by atoms with Gasteiger partial charge >= 0.3 is 0 Å². The number of aromatic nitrogens is 3. The molecule has 0 fully saturated rings. The minimum Gasteiger partial charge on any atom is -0.456 e. The molecule has 12 aromatic rings. The molecule has 0 aliphatic carbocycles. The van der Waals surface area contributed by atoms with Crippen LogP contribution in [0.25, 0.3) is 123 Å². The van der Waals surface area contributed by atoms with Crippen molar-refractivity contribution < 1.29 is 8.83 Å². The molecule has 0 atom stereocenters. The molecule has 0 bridgehead atoms. The van der Waals surface area contributed by atoms with Gasteiger partial charge in [-0.2, -0.15) is 0 Å². The number of benzene rings is 9. The predicted octanol–water partition coefficient (Wildman–Crippen LogP) is 15.3. The first kappa shape index (κ1) is 35.5. The molecular formula is C57H35N3O2. The first-order valence-electron chi connectivity index (χ1n) is 20.7. The zero-order valence-electron chi connectivity index (χ0n) is 33.4. The second-order valence-electron chi connectivity index (χ2n) is 15.5. The number of hydrogen-bond acceptors (Lipinski definition) is 5. The van der Waals surface area contributed by atoms with Gasteiger partial charge in [0.15, 0.2) is 17.5 Å². The fourth-order valence-corrected chi connectivity index (χ4v) is 8.74. The molecule has 9 aromatic carbocycles. The van der Waals surface area contributed by atoms with Crippen LogP contribution in [-0.4, -0.2) is 15.0 Å². The van der Waals surface area contributed by atoms with Crippen LogP contribution in [-0.2, 0) is 0 Å². The summed E-state index contributed by atoms with van der Waals surface area (Å²) in [4.78, 5) is 15.5. The van der Waals surface area contributed by atoms with E-state index in [9.17, 15) is 0 Å². The fraction of sp³-hybridized carbons (Fsp3) is 0. The van der Waals surface area contributed by atoms with Crippen LogP contribution in [0.3, 0.4) is 0 Å². The summed E-state index contributed by atoms with van der Waals surface area (Å²) in [7, 11) is 0. The van der Waals surface area contributed by atoms with Crippen LogP contribution in [0.5, 0.6) is 0 Å². The Morgan fingerprint density at radius 1 is 0.242 bits per heavy atom. The Labute approximate surface area is 357 Å². The minimum absolute atomic E-state index is 0.549. The maximum absolute atomic E-state index is 6.70. The Hall–Kier alpha value is -8.41. The van der Waals surface area contributed by atoms with Crippen molar-refractivity contribution in [2.45, 2.75) is 0 Å². The molecule has 0 radical (unpaired) electrons. The quantitative estimate of drug-likeness (QED) is 0.161. The molecule has 3 heterocycles. The zero-order chi connectivity index (χ0) is 41.0. The number of hydrogen-bond donors (Lipinski definition) is 0. The minimum atomic E-state index is 0.549. The molecular weight excluding hydrogens is 759 g/mol. The lowest BCUT2D eigenvalue weighted by Gasteiger charge is -2.12. The van der Waals surface area contributed by atoms with E-state index in [1.54, 1.807) is 0 Å². The third kappa shape index (κ3) is 6.23. The van der Waals surface area contributed by atoms with Crippen LogP contribution >= 0.6 is 0 Å². The number of furan rings is 2. The largest absolute Gasteiger partial charge is 0.456 e. The highest BCUT2D eigenvalue weighted by Gasteiger charge is 2.20. The van der Waals surface area contributed by atoms with E-state index in [1.807, 2.05) is 42.5 Å². The number of nitrogens with zero attached hydrogens (tertiary/aromatic N) is 3. The average molecular weight is 794 g/mol. The van der Waals surface area contributed by atoms with Gasteiger partial charge in [-0.05, 0) is 93.0 Å². The van der Waals surface area contributed by atoms with Crippen LogP contribution in [0.4, 0.5) is 0 Å². The van der Waals surface area contributed by atoms with Crippen LogP contribution in [0, 0.1) is 0 Å². The highest BCUT2D eigenvalue weighted by Crippen LogP contribution is 2.42. The maximum Gasteiger partial charge on any atom is 0.164 e. The van der Waals surface area contributed by atoms with Crippen molar-refractivity contribution in [2.24, 2.45) is 0 Å². The van der Waals surface area contributed by atoms with Crippen molar-refractivity contribution in [3.63, 3.8) is 0 Å². The molecule has 0 N–H and O–H groups in total. The van der Waals surface area contributed by atoms with Gasteiger partial charge in [-0.15, -0.1) is 0 Å². The summed E-state index contributed by atoms with van der Waals surface area (Å²) in [5, 5.41) is 4.06. The molecule has 0 amide bonds. The van der Waals surface area contributed by atoms with Gasteiger partial charge in [-0.1, -0.05) is 164 Å². The summed E-state index contributed by atoms with van der Waals surface area (Å²) >= 11 is 0. The fourth-order valence-electron chi connectivity index (χ4n) is 8.74. The van der Waals surface area contributed by atoms with Gasteiger partial charge < -0.3 is 8.83 Å². The smallest absolute Gasteiger partial charge is 0.164 e. The summed E-state index contributed by atoms with van der Waals surface area (Å²) in [6, 6.07) is 73.5. The lowest BCUT2D eigenvalue weighted by molar-refractivity contribution is 0.668. The van der Waals surface area contributed by atoms with Crippen LogP contribution < -0.4 is 0 Å². The third-order valence-corrected chi connectivity index (χ3v) is 11.7. The van der Waals surface area contributed by atoms with Crippen LogP contribution in [0.2, 0.25) is 0 Å². The van der Waals surface area contributed by atoms with E-state index in [2.05, 4.69) is 170 Å². The number of rotatable bonds is 7. The second kappa shape index (κ2) is 14.7. The second-order valence-corrected chi connectivity index (χ2v) is 15.5. The topological polar surface area (TPSA) is 65.0 Å². The Morgan fingerprint density at radius 3 is 1.34 bits per heavy atom. The van der Waals surface area contributed by atoms with Gasteiger partial charge in [0, 0.05) is 38.2 Å². The standard InChI is InChI=1S/C57H35N3O2/c1-4-14-36(15-5-1)39-26-28-40(29-27-39)55-58-56(60-57(59-55)48-22-13-25-51-54(48)46-20-10-11-23-49(46)61-51)41-30-31-47-52(35-41)62-50-24-12-21-45(53(47)50)44-33-42(37-16-6-2-7-17-37)32-43(34-44)38-18-8-3-9-19-38/h1-35H. The van der Waals surface area contributed by atoms with Gasteiger partial charge in [-0.25, -0.2) is 15.0 Å². The van der Waals surface area contributed by atoms with E-state index in [4.69, 9.17) is 23.8 Å². The van der Waals surface area contributed by atoms with Gasteiger partial charge in [0.05, 0.1) is 0 Å². The lowest BCUT2D eigenvalue weighted by Crippen LogP contribution is -2.00. The van der Waals surface area contributed by atoms with Crippen molar-refractivity contribution in [1.82, 2.24) is 15.0 Å². The Balaban J connectivity index is 1.02. The van der Waals surface area contributed by atoms with E-state index >= 15 is 0 Å². The molecule has 5 nitrogen and oxygen atoms in total. The highest BCUT2D eigenvalue weighted by atomic mass is 16.3. The van der Waals surface area contributed by atoms with Gasteiger partial charge in [0.1, 0.15) is 22.3 Å². The normalized spacial score (nSPS) is 11.5. The number of para-hydroxylation sites is 1. The molecule has 5 heteroatoms. The Kier molecular flexibility index (Phi) is 8.42. The van der Waals surface area contributed by atoms with E-state index in [0.29, 0.717) is 17.5 Å². The molecule has 3 aromatic heterocycles. The molecule has 0 saturated carbocycles. The summed E-state index contributed by atoms with van der Waals surface area (Å²) in [5.41, 5.74) is 14.9. The van der Waals surface area contributed by atoms with Crippen molar-refractivity contribution in [1.29, 1.82) is 0 Å². The third-order valence-electron chi connectivity index (χ3n) is 11.7. The van der Waals surface area contributed by atoms with E-state index in [-0.39, 0.29) is 0 Å². The predicted molar refractivity (Wildman–Crippen MR) is 252 cm³/mol. The first-order valence-corrected chi connectivity index (χ1v) is 20.7. The number of fused-ring (bicyclic) bond motifs is 6. The van der Waals surface area contributed by atoms with E-state index < -0.39 is 0 Å². The average Bonchev–Trinajstić information content (AvgIpc) is 3.93. The molecule has 290 valence electrons.